The van der Waals surface area contributed by atoms with Gasteiger partial charge in [0.05, 0.1) is 5.84 Å². The van der Waals surface area contributed by atoms with E-state index in [0.29, 0.717) is 11.9 Å². The van der Waals surface area contributed by atoms with Gasteiger partial charge in [-0.15, -0.1) is 0 Å². The van der Waals surface area contributed by atoms with E-state index in [-0.39, 0.29) is 0 Å². The van der Waals surface area contributed by atoms with Crippen LogP contribution in [0, 0.1) is 11.3 Å². The Kier molecular flexibility index (Phi) is 4.43. The third-order valence-electron chi connectivity index (χ3n) is 4.68. The van der Waals surface area contributed by atoms with Gasteiger partial charge in [-0.05, 0) is 44.6 Å². The average Bonchev–Trinajstić information content (AvgIpc) is 2.94. The first kappa shape index (κ1) is 12.9. The number of likely N-dealkylation sites (tertiary alicyclic amines) is 1. The van der Waals surface area contributed by atoms with E-state index < -0.39 is 0 Å². The van der Waals surface area contributed by atoms with Gasteiger partial charge in [0.25, 0.3) is 0 Å². The monoisotopic (exact) mass is 237 g/mol. The molecular weight excluding hydrogens is 210 g/mol. The Morgan fingerprint density at radius 3 is 2.59 bits per heavy atom. The Bertz CT molecular complexity index is 258. The van der Waals surface area contributed by atoms with Crippen molar-refractivity contribution >= 4 is 5.84 Å². The molecule has 3 heteroatoms. The molecule has 1 aliphatic carbocycles. The first-order valence-corrected chi connectivity index (χ1v) is 7.31. The van der Waals surface area contributed by atoms with E-state index in [0.717, 1.165) is 24.8 Å². The Labute approximate surface area is 105 Å². The average molecular weight is 237 g/mol. The standard InChI is InChI=1S/C14H27N3/c1-2-12(10-14(15)16)17-9-5-8-13(17)11-6-3-4-7-11/h11-13H,2-10H2,1H3,(H3,15,16). The van der Waals surface area contributed by atoms with Gasteiger partial charge in [-0.2, -0.15) is 0 Å². The molecule has 2 aliphatic rings. The summed E-state index contributed by atoms with van der Waals surface area (Å²) in [6, 6.07) is 1.31. The van der Waals surface area contributed by atoms with Gasteiger partial charge in [0, 0.05) is 18.5 Å². The van der Waals surface area contributed by atoms with Gasteiger partial charge in [-0.1, -0.05) is 19.8 Å². The van der Waals surface area contributed by atoms with E-state index in [4.69, 9.17) is 11.1 Å². The Morgan fingerprint density at radius 1 is 1.29 bits per heavy atom. The molecule has 1 heterocycles. The zero-order chi connectivity index (χ0) is 12.3. The van der Waals surface area contributed by atoms with Crippen LogP contribution in [0.1, 0.15) is 58.3 Å². The van der Waals surface area contributed by atoms with Crippen molar-refractivity contribution in [1.82, 2.24) is 4.90 Å². The molecule has 0 amide bonds. The first-order valence-electron chi connectivity index (χ1n) is 7.31. The minimum atomic E-state index is 0.355. The highest BCUT2D eigenvalue weighted by Crippen LogP contribution is 2.37. The number of nitrogens with one attached hydrogen (secondary N) is 1. The molecule has 0 spiro atoms. The van der Waals surface area contributed by atoms with Crippen LogP contribution < -0.4 is 5.73 Å². The van der Waals surface area contributed by atoms with Crippen LogP contribution in [0.5, 0.6) is 0 Å². The first-order chi connectivity index (χ1) is 8.22. The van der Waals surface area contributed by atoms with Gasteiger partial charge in [0.15, 0.2) is 0 Å². The van der Waals surface area contributed by atoms with E-state index in [9.17, 15) is 0 Å². The maximum absolute atomic E-state index is 7.52. The second-order valence-corrected chi connectivity index (χ2v) is 5.78. The summed E-state index contributed by atoms with van der Waals surface area (Å²) in [4.78, 5) is 2.68. The van der Waals surface area contributed by atoms with Crippen LogP contribution in [0.2, 0.25) is 0 Å². The number of nitrogens with zero attached hydrogens (tertiary/aromatic N) is 1. The van der Waals surface area contributed by atoms with Crippen LogP contribution >= 0.6 is 0 Å². The molecule has 17 heavy (non-hydrogen) atoms. The van der Waals surface area contributed by atoms with Crippen LogP contribution in [0.25, 0.3) is 0 Å². The van der Waals surface area contributed by atoms with Crippen molar-refractivity contribution in [3.05, 3.63) is 0 Å². The number of hydrogen-bond donors (Lipinski definition) is 2. The number of rotatable bonds is 5. The van der Waals surface area contributed by atoms with E-state index in [1.807, 2.05) is 0 Å². The van der Waals surface area contributed by atoms with Gasteiger partial charge in [-0.25, -0.2) is 0 Å². The van der Waals surface area contributed by atoms with Gasteiger partial charge in [0.1, 0.15) is 0 Å². The molecule has 2 rings (SSSR count). The SMILES string of the molecule is CCC(CC(=N)N)N1CCCC1C1CCCC1. The van der Waals surface area contributed by atoms with Crippen molar-refractivity contribution in [3.8, 4) is 0 Å². The van der Waals surface area contributed by atoms with Crippen LogP contribution in [-0.2, 0) is 0 Å². The summed E-state index contributed by atoms with van der Waals surface area (Å²) in [6.07, 6.45) is 10.3. The normalized spacial score (nSPS) is 28.6. The summed E-state index contributed by atoms with van der Waals surface area (Å²) in [5.41, 5.74) is 5.59. The fourth-order valence-corrected chi connectivity index (χ4v) is 3.87. The number of hydrogen-bond acceptors (Lipinski definition) is 2. The van der Waals surface area contributed by atoms with Crippen molar-refractivity contribution in [1.29, 1.82) is 5.41 Å². The minimum Gasteiger partial charge on any atom is -0.388 e. The molecule has 98 valence electrons. The number of nitrogens with two attached hydrogens (primary N) is 1. The summed E-state index contributed by atoms with van der Waals surface area (Å²) in [5, 5.41) is 7.52. The van der Waals surface area contributed by atoms with Crippen LogP contribution in [0.3, 0.4) is 0 Å². The fourth-order valence-electron chi connectivity index (χ4n) is 3.87. The molecule has 2 atom stereocenters. The molecule has 3 N–H and O–H groups in total. The highest BCUT2D eigenvalue weighted by atomic mass is 15.2. The van der Waals surface area contributed by atoms with Gasteiger partial charge in [-0.3, -0.25) is 10.3 Å². The van der Waals surface area contributed by atoms with E-state index >= 15 is 0 Å². The zero-order valence-electron chi connectivity index (χ0n) is 11.1. The van der Waals surface area contributed by atoms with Gasteiger partial charge >= 0.3 is 0 Å². The maximum Gasteiger partial charge on any atom is 0.0921 e. The summed E-state index contributed by atoms with van der Waals surface area (Å²) >= 11 is 0. The molecule has 0 aromatic rings. The molecule has 1 saturated carbocycles. The minimum absolute atomic E-state index is 0.355. The summed E-state index contributed by atoms with van der Waals surface area (Å²) in [5.74, 6) is 1.28. The Hall–Kier alpha value is -0.570. The van der Waals surface area contributed by atoms with Crippen molar-refractivity contribution in [2.75, 3.05) is 6.54 Å². The lowest BCUT2D eigenvalue weighted by Crippen LogP contribution is -2.43. The Morgan fingerprint density at radius 2 is 2.00 bits per heavy atom. The fraction of sp³-hybridized carbons (Fsp3) is 0.929. The molecular formula is C14H27N3. The highest BCUT2D eigenvalue weighted by Gasteiger charge is 2.36. The molecule has 0 radical (unpaired) electrons. The lowest BCUT2D eigenvalue weighted by Gasteiger charge is -2.35. The second-order valence-electron chi connectivity index (χ2n) is 5.78. The van der Waals surface area contributed by atoms with E-state index in [2.05, 4.69) is 11.8 Å². The summed E-state index contributed by atoms with van der Waals surface area (Å²) in [7, 11) is 0. The van der Waals surface area contributed by atoms with Crippen molar-refractivity contribution in [2.45, 2.75) is 70.4 Å². The predicted molar refractivity (Wildman–Crippen MR) is 72.3 cm³/mol. The largest absolute Gasteiger partial charge is 0.388 e. The molecule has 3 nitrogen and oxygen atoms in total. The molecule has 2 unspecified atom stereocenters. The summed E-state index contributed by atoms with van der Waals surface area (Å²) in [6.45, 7) is 3.46. The topological polar surface area (TPSA) is 53.1 Å². The second kappa shape index (κ2) is 5.85. The third-order valence-corrected chi connectivity index (χ3v) is 4.68. The summed E-state index contributed by atoms with van der Waals surface area (Å²) < 4.78 is 0. The smallest absolute Gasteiger partial charge is 0.0921 e. The molecule has 0 bridgehead atoms. The molecule has 2 fully saturated rings. The quantitative estimate of drug-likeness (QED) is 0.570. The van der Waals surface area contributed by atoms with Crippen LogP contribution in [0.15, 0.2) is 0 Å². The Balaban J connectivity index is 1.98. The van der Waals surface area contributed by atoms with Gasteiger partial charge < -0.3 is 5.73 Å². The molecule has 0 aromatic heterocycles. The van der Waals surface area contributed by atoms with Gasteiger partial charge in [0.2, 0.25) is 0 Å². The predicted octanol–water partition coefficient (Wildman–Crippen LogP) is 2.75. The van der Waals surface area contributed by atoms with Crippen molar-refractivity contribution in [3.63, 3.8) is 0 Å². The lowest BCUT2D eigenvalue weighted by molar-refractivity contribution is 0.134. The third kappa shape index (κ3) is 3.01. The van der Waals surface area contributed by atoms with E-state index in [1.54, 1.807) is 0 Å². The lowest BCUT2D eigenvalue weighted by atomic mass is 9.94. The van der Waals surface area contributed by atoms with Crippen molar-refractivity contribution < 1.29 is 0 Å². The highest BCUT2D eigenvalue weighted by molar-refractivity contribution is 5.77. The van der Waals surface area contributed by atoms with E-state index in [1.165, 1.54) is 45.1 Å². The van der Waals surface area contributed by atoms with Crippen molar-refractivity contribution in [2.24, 2.45) is 11.7 Å². The van der Waals surface area contributed by atoms with Crippen LogP contribution in [0.4, 0.5) is 0 Å². The molecule has 1 aliphatic heterocycles. The zero-order valence-corrected chi connectivity index (χ0v) is 11.1. The molecule has 1 saturated heterocycles. The van der Waals surface area contributed by atoms with Crippen LogP contribution in [-0.4, -0.2) is 29.4 Å². The maximum atomic E-state index is 7.52. The molecule has 0 aromatic carbocycles. The number of amidine groups is 1.